The van der Waals surface area contributed by atoms with Crippen LogP contribution in [0, 0.1) is 13.8 Å². The molecule has 0 aliphatic carbocycles. The maximum atomic E-state index is 9.53. The van der Waals surface area contributed by atoms with Gasteiger partial charge >= 0.3 is 0 Å². The van der Waals surface area contributed by atoms with E-state index in [2.05, 4.69) is 52.3 Å². The number of pyridine rings is 2. The van der Waals surface area contributed by atoms with E-state index in [-0.39, 0.29) is 12.6 Å². The first kappa shape index (κ1) is 22.9. The zero-order valence-electron chi connectivity index (χ0n) is 20.7. The number of aliphatic hydroxyl groups excluding tert-OH is 1. The number of aryl methyl sites for hydroxylation is 2. The van der Waals surface area contributed by atoms with Gasteiger partial charge < -0.3 is 14.2 Å². The Morgan fingerprint density at radius 2 is 1.68 bits per heavy atom. The predicted molar refractivity (Wildman–Crippen MR) is 144 cm³/mol. The van der Waals surface area contributed by atoms with Gasteiger partial charge in [0.15, 0.2) is 0 Å². The molecule has 6 rings (SSSR count). The molecule has 6 heteroatoms. The van der Waals surface area contributed by atoms with Gasteiger partial charge in [-0.05, 0) is 48.7 Å². The van der Waals surface area contributed by atoms with Crippen molar-refractivity contribution in [3.8, 4) is 22.3 Å². The van der Waals surface area contributed by atoms with E-state index in [0.29, 0.717) is 0 Å². The lowest BCUT2D eigenvalue weighted by molar-refractivity contribution is 0.282. The normalized spacial score (nSPS) is 12.2. The molecule has 0 radical (unpaired) electrons. The van der Waals surface area contributed by atoms with Crippen LogP contribution in [0.4, 0.5) is 0 Å². The third-order valence-electron chi connectivity index (χ3n) is 6.80. The molecule has 4 aromatic heterocycles. The average Bonchev–Trinajstić information content (AvgIpc) is 3.49. The van der Waals surface area contributed by atoms with Crippen molar-refractivity contribution < 1.29 is 9.63 Å². The van der Waals surface area contributed by atoms with Crippen LogP contribution >= 0.6 is 0 Å². The Hall–Kier alpha value is -4.55. The third-order valence-corrected chi connectivity index (χ3v) is 6.80. The van der Waals surface area contributed by atoms with Crippen LogP contribution in [0.25, 0.3) is 33.3 Å². The minimum Gasteiger partial charge on any atom is -0.392 e. The van der Waals surface area contributed by atoms with E-state index in [1.807, 2.05) is 68.7 Å². The first-order chi connectivity index (χ1) is 18.1. The Morgan fingerprint density at radius 1 is 0.892 bits per heavy atom. The molecule has 0 bridgehead atoms. The molecule has 0 amide bonds. The summed E-state index contributed by atoms with van der Waals surface area (Å²) in [5, 5.41) is 13.7. The van der Waals surface area contributed by atoms with E-state index in [0.717, 1.165) is 61.6 Å². The number of aliphatic hydroxyl groups is 1. The van der Waals surface area contributed by atoms with Crippen LogP contribution in [-0.2, 0) is 6.61 Å². The van der Waals surface area contributed by atoms with Crippen LogP contribution in [-0.4, -0.2) is 24.8 Å². The number of rotatable bonds is 6. The SMILES string of the molecule is Cc1noc(C)c1-c1cnc2c(-c3ccc(CO)cc3)cn([C@H](c3ccccc3)c3ccccn3)c2c1. The summed E-state index contributed by atoms with van der Waals surface area (Å²) in [7, 11) is 0. The van der Waals surface area contributed by atoms with Crippen molar-refractivity contribution in [2.24, 2.45) is 0 Å². The van der Waals surface area contributed by atoms with Gasteiger partial charge in [-0.3, -0.25) is 9.97 Å². The van der Waals surface area contributed by atoms with Crippen molar-refractivity contribution in [3.05, 3.63) is 126 Å². The zero-order chi connectivity index (χ0) is 25.4. The summed E-state index contributed by atoms with van der Waals surface area (Å²) < 4.78 is 7.72. The Kier molecular flexibility index (Phi) is 5.87. The van der Waals surface area contributed by atoms with Crippen molar-refractivity contribution >= 4 is 11.0 Å². The lowest BCUT2D eigenvalue weighted by Gasteiger charge is -2.20. The van der Waals surface area contributed by atoms with E-state index in [1.165, 1.54) is 0 Å². The third kappa shape index (κ3) is 4.11. The summed E-state index contributed by atoms with van der Waals surface area (Å²) in [4.78, 5) is 9.72. The van der Waals surface area contributed by atoms with Crippen LogP contribution in [0.2, 0.25) is 0 Å². The topological polar surface area (TPSA) is 77.0 Å². The van der Waals surface area contributed by atoms with Gasteiger partial charge in [-0.1, -0.05) is 65.8 Å². The maximum absolute atomic E-state index is 9.53. The van der Waals surface area contributed by atoms with E-state index in [1.54, 1.807) is 0 Å². The Morgan fingerprint density at radius 3 is 2.35 bits per heavy atom. The Labute approximate surface area is 214 Å². The second-order valence-corrected chi connectivity index (χ2v) is 9.16. The van der Waals surface area contributed by atoms with Crippen LogP contribution in [0.15, 0.2) is 102 Å². The smallest absolute Gasteiger partial charge is 0.141 e. The molecule has 0 aliphatic heterocycles. The summed E-state index contributed by atoms with van der Waals surface area (Å²) in [6.45, 7) is 3.88. The Balaban J connectivity index is 1.64. The number of hydrogen-bond acceptors (Lipinski definition) is 5. The summed E-state index contributed by atoms with van der Waals surface area (Å²) in [5.41, 5.74) is 9.62. The van der Waals surface area contributed by atoms with E-state index in [4.69, 9.17) is 14.5 Å². The molecule has 0 unspecified atom stereocenters. The molecule has 0 fully saturated rings. The lowest BCUT2D eigenvalue weighted by atomic mass is 10.0. The van der Waals surface area contributed by atoms with E-state index in [9.17, 15) is 5.11 Å². The molecule has 2 aromatic carbocycles. The quantitative estimate of drug-likeness (QED) is 0.291. The Bertz CT molecular complexity index is 1610. The highest BCUT2D eigenvalue weighted by atomic mass is 16.5. The summed E-state index contributed by atoms with van der Waals surface area (Å²) in [6.07, 6.45) is 5.89. The number of fused-ring (bicyclic) bond motifs is 1. The van der Waals surface area contributed by atoms with E-state index >= 15 is 0 Å². The molecular formula is C31H26N4O2. The molecule has 6 aromatic rings. The molecule has 0 saturated heterocycles. The minimum atomic E-state index is -0.155. The average molecular weight is 487 g/mol. The van der Waals surface area contributed by atoms with Gasteiger partial charge in [0.2, 0.25) is 0 Å². The number of nitrogens with zero attached hydrogens (tertiary/aromatic N) is 4. The summed E-state index contributed by atoms with van der Waals surface area (Å²) >= 11 is 0. The van der Waals surface area contributed by atoms with Gasteiger partial charge in [0.05, 0.1) is 29.0 Å². The highest BCUT2D eigenvalue weighted by Gasteiger charge is 2.23. The molecule has 182 valence electrons. The number of aromatic nitrogens is 4. The van der Waals surface area contributed by atoms with Crippen molar-refractivity contribution in [2.75, 3.05) is 0 Å². The van der Waals surface area contributed by atoms with Gasteiger partial charge in [0.25, 0.3) is 0 Å². The summed E-state index contributed by atoms with van der Waals surface area (Å²) in [5.74, 6) is 0.765. The zero-order valence-corrected chi connectivity index (χ0v) is 20.7. The molecule has 1 atom stereocenters. The maximum Gasteiger partial charge on any atom is 0.141 e. The van der Waals surface area contributed by atoms with Gasteiger partial charge in [0, 0.05) is 35.3 Å². The predicted octanol–water partition coefficient (Wildman–Crippen LogP) is 6.50. The molecule has 0 saturated carbocycles. The molecule has 37 heavy (non-hydrogen) atoms. The second-order valence-electron chi connectivity index (χ2n) is 9.16. The molecule has 1 N–H and O–H groups in total. The van der Waals surface area contributed by atoms with Crippen LogP contribution in [0.3, 0.4) is 0 Å². The largest absolute Gasteiger partial charge is 0.392 e. The monoisotopic (exact) mass is 486 g/mol. The van der Waals surface area contributed by atoms with Crippen molar-refractivity contribution in [1.82, 2.24) is 19.7 Å². The van der Waals surface area contributed by atoms with Gasteiger partial charge in [0.1, 0.15) is 11.8 Å². The first-order valence-corrected chi connectivity index (χ1v) is 12.2. The molecule has 6 nitrogen and oxygen atoms in total. The summed E-state index contributed by atoms with van der Waals surface area (Å²) in [6, 6.07) is 26.4. The van der Waals surface area contributed by atoms with Crippen LogP contribution < -0.4 is 0 Å². The van der Waals surface area contributed by atoms with Crippen molar-refractivity contribution in [2.45, 2.75) is 26.5 Å². The van der Waals surface area contributed by atoms with Gasteiger partial charge in [-0.25, -0.2) is 0 Å². The molecule has 0 aliphatic rings. The number of hydrogen-bond donors (Lipinski definition) is 1. The fourth-order valence-electron chi connectivity index (χ4n) is 5.02. The molecule has 4 heterocycles. The fourth-order valence-corrected chi connectivity index (χ4v) is 5.02. The van der Waals surface area contributed by atoms with Gasteiger partial charge in [-0.15, -0.1) is 0 Å². The molecular weight excluding hydrogens is 460 g/mol. The highest BCUT2D eigenvalue weighted by Crippen LogP contribution is 2.38. The van der Waals surface area contributed by atoms with Crippen LogP contribution in [0.5, 0.6) is 0 Å². The van der Waals surface area contributed by atoms with Crippen LogP contribution in [0.1, 0.15) is 34.3 Å². The second kappa shape index (κ2) is 9.48. The first-order valence-electron chi connectivity index (χ1n) is 12.2. The standard InChI is InChI=1S/C31H26N4O2/c1-20-29(21(2)37-34-20)25-16-28-30(33-17-25)26(23-13-11-22(19-36)12-14-23)18-35(28)31(24-8-4-3-5-9-24)27-10-6-7-15-32-27/h3-18,31,36H,19H2,1-2H3/t31-/m1/s1. The van der Waals surface area contributed by atoms with Crippen molar-refractivity contribution in [1.29, 1.82) is 0 Å². The van der Waals surface area contributed by atoms with Crippen molar-refractivity contribution in [3.63, 3.8) is 0 Å². The number of benzene rings is 2. The lowest BCUT2D eigenvalue weighted by Crippen LogP contribution is -2.13. The minimum absolute atomic E-state index is 0.0108. The van der Waals surface area contributed by atoms with Gasteiger partial charge in [-0.2, -0.15) is 0 Å². The fraction of sp³-hybridized carbons (Fsp3) is 0.129. The van der Waals surface area contributed by atoms with E-state index < -0.39 is 0 Å². The molecule has 0 spiro atoms. The highest BCUT2D eigenvalue weighted by molar-refractivity contribution is 5.95.